The van der Waals surface area contributed by atoms with Crippen molar-refractivity contribution in [1.29, 1.82) is 0 Å². The standard InChI is InChI=1S/C33H66O2/c1-4-7-10-13-16-18-19-21-24-27-30-32(29-26-23-20-17-14-11-8-5-2)33(34)35-31-28-25-22-15-12-9-6-3/h32H,4-31H2,1-3H3. The first-order valence-electron chi connectivity index (χ1n) is 16.4. The van der Waals surface area contributed by atoms with Gasteiger partial charge < -0.3 is 4.74 Å². The third-order valence-corrected chi connectivity index (χ3v) is 7.64. The summed E-state index contributed by atoms with van der Waals surface area (Å²) in [5.41, 5.74) is 0. The number of hydrogen-bond acceptors (Lipinski definition) is 2. The Kier molecular flexibility index (Phi) is 29.2. The number of ether oxygens (including phenoxy) is 1. The Hall–Kier alpha value is -0.530. The second kappa shape index (κ2) is 29.7. The van der Waals surface area contributed by atoms with Crippen molar-refractivity contribution in [3.8, 4) is 0 Å². The Balaban J connectivity index is 4.04. The van der Waals surface area contributed by atoms with E-state index < -0.39 is 0 Å². The Morgan fingerprint density at radius 1 is 0.429 bits per heavy atom. The second-order valence-corrected chi connectivity index (χ2v) is 11.2. The summed E-state index contributed by atoms with van der Waals surface area (Å²) >= 11 is 0. The average molecular weight is 495 g/mol. The highest BCUT2D eigenvalue weighted by atomic mass is 16.5. The van der Waals surface area contributed by atoms with Gasteiger partial charge in [0.15, 0.2) is 0 Å². The third kappa shape index (κ3) is 26.3. The quantitative estimate of drug-likeness (QED) is 0.0763. The lowest BCUT2D eigenvalue weighted by Gasteiger charge is -2.16. The SMILES string of the molecule is CCCCCCCCCCCCC(CCCCCCCCCC)C(=O)OCCCCCCCCC. The van der Waals surface area contributed by atoms with Gasteiger partial charge in [0.25, 0.3) is 0 Å². The number of unbranched alkanes of at least 4 members (excludes halogenated alkanes) is 22. The van der Waals surface area contributed by atoms with Crippen molar-refractivity contribution in [2.24, 2.45) is 5.92 Å². The minimum atomic E-state index is 0.106. The molecule has 0 saturated heterocycles. The predicted octanol–water partition coefficient (Wildman–Crippen LogP) is 11.7. The average Bonchev–Trinajstić information content (AvgIpc) is 2.86. The summed E-state index contributed by atoms with van der Waals surface area (Å²) in [7, 11) is 0. The predicted molar refractivity (Wildman–Crippen MR) is 156 cm³/mol. The van der Waals surface area contributed by atoms with Crippen molar-refractivity contribution in [3.63, 3.8) is 0 Å². The molecule has 0 saturated carbocycles. The Labute approximate surface area is 222 Å². The maximum Gasteiger partial charge on any atom is 0.308 e. The number of carbonyl (C=O) groups excluding carboxylic acids is 1. The van der Waals surface area contributed by atoms with Crippen LogP contribution >= 0.6 is 0 Å². The Morgan fingerprint density at radius 3 is 1.06 bits per heavy atom. The van der Waals surface area contributed by atoms with Gasteiger partial charge >= 0.3 is 5.97 Å². The molecular weight excluding hydrogens is 428 g/mol. The van der Waals surface area contributed by atoms with Crippen LogP contribution in [0.25, 0.3) is 0 Å². The lowest BCUT2D eigenvalue weighted by Crippen LogP contribution is -2.18. The van der Waals surface area contributed by atoms with E-state index in [1.807, 2.05) is 0 Å². The summed E-state index contributed by atoms with van der Waals surface area (Å²) in [5, 5.41) is 0. The van der Waals surface area contributed by atoms with Crippen LogP contribution < -0.4 is 0 Å². The van der Waals surface area contributed by atoms with Gasteiger partial charge in [0.05, 0.1) is 12.5 Å². The zero-order valence-electron chi connectivity index (χ0n) is 24.7. The molecule has 2 nitrogen and oxygen atoms in total. The van der Waals surface area contributed by atoms with Crippen LogP contribution in [-0.4, -0.2) is 12.6 Å². The van der Waals surface area contributed by atoms with E-state index in [9.17, 15) is 4.79 Å². The normalized spacial score (nSPS) is 12.2. The molecule has 2 heteroatoms. The van der Waals surface area contributed by atoms with Gasteiger partial charge in [-0.15, -0.1) is 0 Å². The van der Waals surface area contributed by atoms with Crippen molar-refractivity contribution in [2.75, 3.05) is 6.61 Å². The third-order valence-electron chi connectivity index (χ3n) is 7.64. The molecule has 210 valence electrons. The molecule has 35 heavy (non-hydrogen) atoms. The van der Waals surface area contributed by atoms with E-state index in [1.54, 1.807) is 0 Å². The van der Waals surface area contributed by atoms with E-state index >= 15 is 0 Å². The van der Waals surface area contributed by atoms with E-state index in [0.29, 0.717) is 6.61 Å². The number of esters is 1. The van der Waals surface area contributed by atoms with E-state index in [2.05, 4.69) is 20.8 Å². The minimum Gasteiger partial charge on any atom is -0.465 e. The summed E-state index contributed by atoms with van der Waals surface area (Å²) in [6, 6.07) is 0. The van der Waals surface area contributed by atoms with Crippen molar-refractivity contribution in [3.05, 3.63) is 0 Å². The summed E-state index contributed by atoms with van der Waals surface area (Å²) in [4.78, 5) is 12.8. The van der Waals surface area contributed by atoms with Crippen LogP contribution in [-0.2, 0) is 9.53 Å². The lowest BCUT2D eigenvalue weighted by molar-refractivity contribution is -0.149. The van der Waals surface area contributed by atoms with Crippen LogP contribution in [0.5, 0.6) is 0 Å². The number of rotatable bonds is 29. The fourth-order valence-electron chi connectivity index (χ4n) is 5.13. The van der Waals surface area contributed by atoms with Gasteiger partial charge in [-0.2, -0.15) is 0 Å². The van der Waals surface area contributed by atoms with Crippen LogP contribution in [0.4, 0.5) is 0 Å². The van der Waals surface area contributed by atoms with E-state index in [4.69, 9.17) is 4.74 Å². The number of hydrogen-bond donors (Lipinski definition) is 0. The maximum atomic E-state index is 12.8. The fourth-order valence-corrected chi connectivity index (χ4v) is 5.13. The highest BCUT2D eigenvalue weighted by Crippen LogP contribution is 2.21. The first kappa shape index (κ1) is 34.5. The largest absolute Gasteiger partial charge is 0.465 e. The molecule has 0 aromatic heterocycles. The molecule has 0 heterocycles. The van der Waals surface area contributed by atoms with Gasteiger partial charge in [0.2, 0.25) is 0 Å². The van der Waals surface area contributed by atoms with Gasteiger partial charge in [0.1, 0.15) is 0 Å². The molecule has 0 aromatic rings. The second-order valence-electron chi connectivity index (χ2n) is 11.2. The fraction of sp³-hybridized carbons (Fsp3) is 0.970. The molecule has 1 unspecified atom stereocenters. The molecule has 0 aliphatic carbocycles. The molecule has 0 rings (SSSR count). The molecule has 1 atom stereocenters. The molecule has 0 spiro atoms. The molecule has 0 aromatic carbocycles. The molecule has 0 aliphatic rings. The Morgan fingerprint density at radius 2 is 0.714 bits per heavy atom. The maximum absolute atomic E-state index is 12.8. The van der Waals surface area contributed by atoms with Crippen LogP contribution in [0, 0.1) is 5.92 Å². The zero-order valence-corrected chi connectivity index (χ0v) is 24.7. The summed E-state index contributed by atoms with van der Waals surface area (Å²) in [5.74, 6) is 0.253. The molecule has 0 aliphatic heterocycles. The van der Waals surface area contributed by atoms with E-state index in [1.165, 1.54) is 154 Å². The van der Waals surface area contributed by atoms with Crippen LogP contribution in [0.1, 0.15) is 194 Å². The molecule has 0 bridgehead atoms. The molecule has 0 radical (unpaired) electrons. The highest BCUT2D eigenvalue weighted by Gasteiger charge is 2.19. The topological polar surface area (TPSA) is 26.3 Å². The first-order valence-corrected chi connectivity index (χ1v) is 16.4. The summed E-state index contributed by atoms with van der Waals surface area (Å²) in [6.45, 7) is 7.46. The van der Waals surface area contributed by atoms with Gasteiger partial charge in [0, 0.05) is 0 Å². The smallest absolute Gasteiger partial charge is 0.308 e. The molecule has 0 fully saturated rings. The van der Waals surface area contributed by atoms with Gasteiger partial charge in [-0.05, 0) is 19.3 Å². The van der Waals surface area contributed by atoms with E-state index in [-0.39, 0.29) is 11.9 Å². The molecule has 0 N–H and O–H groups in total. The van der Waals surface area contributed by atoms with Gasteiger partial charge in [-0.3, -0.25) is 4.79 Å². The van der Waals surface area contributed by atoms with Gasteiger partial charge in [-0.1, -0.05) is 175 Å². The van der Waals surface area contributed by atoms with Crippen molar-refractivity contribution in [1.82, 2.24) is 0 Å². The molecule has 0 amide bonds. The number of carbonyl (C=O) groups is 1. The van der Waals surface area contributed by atoms with Crippen LogP contribution in [0.2, 0.25) is 0 Å². The zero-order chi connectivity index (χ0) is 25.7. The summed E-state index contributed by atoms with van der Waals surface area (Å²) in [6.07, 6.45) is 35.2. The van der Waals surface area contributed by atoms with Crippen molar-refractivity contribution < 1.29 is 9.53 Å². The lowest BCUT2D eigenvalue weighted by atomic mass is 9.94. The van der Waals surface area contributed by atoms with E-state index in [0.717, 1.165) is 19.3 Å². The monoisotopic (exact) mass is 495 g/mol. The summed E-state index contributed by atoms with van der Waals surface area (Å²) < 4.78 is 5.76. The van der Waals surface area contributed by atoms with Gasteiger partial charge in [-0.25, -0.2) is 0 Å². The van der Waals surface area contributed by atoms with Crippen LogP contribution in [0.3, 0.4) is 0 Å². The molecular formula is C33H66O2. The highest BCUT2D eigenvalue weighted by molar-refractivity contribution is 5.72. The van der Waals surface area contributed by atoms with Crippen molar-refractivity contribution in [2.45, 2.75) is 194 Å². The van der Waals surface area contributed by atoms with Crippen molar-refractivity contribution >= 4 is 5.97 Å². The Bertz CT molecular complexity index is 406. The minimum absolute atomic E-state index is 0.106. The van der Waals surface area contributed by atoms with Crippen LogP contribution in [0.15, 0.2) is 0 Å². The first-order chi connectivity index (χ1) is 17.3.